The van der Waals surface area contributed by atoms with Crippen molar-refractivity contribution in [1.82, 2.24) is 4.90 Å². The third-order valence-corrected chi connectivity index (χ3v) is 5.51. The SMILES string of the molecule is CCN=C1S/C(=C/c2ccc(OCC(=O)Nc3ccc(F)cc3)c(OC)c2)C(=O)N1CC. The van der Waals surface area contributed by atoms with Gasteiger partial charge in [-0.2, -0.15) is 0 Å². The zero-order chi connectivity index (χ0) is 23.1. The number of methoxy groups -OCH3 is 1. The van der Waals surface area contributed by atoms with Gasteiger partial charge in [-0.05, 0) is 73.6 Å². The summed E-state index contributed by atoms with van der Waals surface area (Å²) in [4.78, 5) is 31.3. The van der Waals surface area contributed by atoms with Crippen molar-refractivity contribution in [3.63, 3.8) is 0 Å². The van der Waals surface area contributed by atoms with Crippen LogP contribution in [0.15, 0.2) is 52.4 Å². The van der Waals surface area contributed by atoms with Crippen molar-refractivity contribution in [2.75, 3.05) is 32.1 Å². The molecule has 1 aliphatic rings. The highest BCUT2D eigenvalue weighted by Gasteiger charge is 2.31. The fourth-order valence-electron chi connectivity index (χ4n) is 2.96. The minimum Gasteiger partial charge on any atom is -0.493 e. The molecule has 0 unspecified atom stereocenters. The monoisotopic (exact) mass is 457 g/mol. The van der Waals surface area contributed by atoms with Gasteiger partial charge in [0.1, 0.15) is 5.82 Å². The number of ether oxygens (including phenoxy) is 2. The number of carbonyl (C=O) groups is 2. The second-order valence-corrected chi connectivity index (χ2v) is 7.68. The number of thioether (sulfide) groups is 1. The smallest absolute Gasteiger partial charge is 0.266 e. The lowest BCUT2D eigenvalue weighted by molar-refractivity contribution is -0.122. The summed E-state index contributed by atoms with van der Waals surface area (Å²) in [5, 5.41) is 3.33. The van der Waals surface area contributed by atoms with Crippen LogP contribution < -0.4 is 14.8 Å². The molecule has 2 aromatic carbocycles. The summed E-state index contributed by atoms with van der Waals surface area (Å²) < 4.78 is 23.9. The van der Waals surface area contributed by atoms with Crippen molar-refractivity contribution in [2.45, 2.75) is 13.8 Å². The predicted molar refractivity (Wildman–Crippen MR) is 124 cm³/mol. The molecule has 1 fully saturated rings. The van der Waals surface area contributed by atoms with Crippen LogP contribution >= 0.6 is 11.8 Å². The number of aliphatic imine (C=N–C) groups is 1. The predicted octanol–water partition coefficient (Wildman–Crippen LogP) is 4.16. The molecule has 1 heterocycles. The largest absolute Gasteiger partial charge is 0.493 e. The van der Waals surface area contributed by atoms with Crippen LogP contribution in [0.5, 0.6) is 11.5 Å². The van der Waals surface area contributed by atoms with Gasteiger partial charge in [0.05, 0.1) is 12.0 Å². The lowest BCUT2D eigenvalue weighted by atomic mass is 10.2. The molecule has 0 radical (unpaired) electrons. The Bertz CT molecular complexity index is 1050. The van der Waals surface area contributed by atoms with E-state index in [0.717, 1.165) is 5.56 Å². The Labute approximate surface area is 190 Å². The molecule has 1 aliphatic heterocycles. The van der Waals surface area contributed by atoms with E-state index in [4.69, 9.17) is 9.47 Å². The highest BCUT2D eigenvalue weighted by molar-refractivity contribution is 8.18. The quantitative estimate of drug-likeness (QED) is 0.602. The molecule has 32 heavy (non-hydrogen) atoms. The Hall–Kier alpha value is -3.33. The summed E-state index contributed by atoms with van der Waals surface area (Å²) in [5.41, 5.74) is 1.23. The van der Waals surface area contributed by atoms with Gasteiger partial charge in [0, 0.05) is 18.8 Å². The summed E-state index contributed by atoms with van der Waals surface area (Å²) in [6.45, 7) is 4.75. The maximum Gasteiger partial charge on any atom is 0.266 e. The second-order valence-electron chi connectivity index (χ2n) is 6.67. The first kappa shape index (κ1) is 23.3. The first-order chi connectivity index (χ1) is 15.4. The highest BCUT2D eigenvalue weighted by Crippen LogP contribution is 2.34. The molecular weight excluding hydrogens is 433 g/mol. The minimum atomic E-state index is -0.389. The first-order valence-corrected chi connectivity index (χ1v) is 10.9. The van der Waals surface area contributed by atoms with Gasteiger partial charge in [0.15, 0.2) is 23.3 Å². The molecule has 0 saturated carbocycles. The van der Waals surface area contributed by atoms with E-state index in [-0.39, 0.29) is 24.2 Å². The van der Waals surface area contributed by atoms with Crippen LogP contribution in [0.25, 0.3) is 6.08 Å². The van der Waals surface area contributed by atoms with E-state index in [1.165, 1.54) is 43.1 Å². The van der Waals surface area contributed by atoms with E-state index < -0.39 is 0 Å². The second kappa shape index (κ2) is 10.8. The van der Waals surface area contributed by atoms with Crippen LogP contribution in [0.4, 0.5) is 10.1 Å². The molecule has 3 rings (SSSR count). The van der Waals surface area contributed by atoms with Gasteiger partial charge in [0.2, 0.25) is 0 Å². The Morgan fingerprint density at radius 3 is 2.59 bits per heavy atom. The standard InChI is InChI=1S/C23H24FN3O4S/c1-4-25-23-27(5-2)22(29)20(32-23)13-15-6-11-18(19(12-15)30-3)31-14-21(28)26-17-9-7-16(24)8-10-17/h6-13H,4-5,14H2,1-3H3,(H,26,28)/b20-13+,25-23?. The lowest BCUT2D eigenvalue weighted by Gasteiger charge is -2.12. The van der Waals surface area contributed by atoms with Crippen molar-refractivity contribution >= 4 is 40.5 Å². The summed E-state index contributed by atoms with van der Waals surface area (Å²) >= 11 is 1.34. The van der Waals surface area contributed by atoms with Gasteiger partial charge in [-0.1, -0.05) is 6.07 Å². The molecule has 0 bridgehead atoms. The van der Waals surface area contributed by atoms with Gasteiger partial charge in [-0.3, -0.25) is 19.5 Å². The molecule has 1 saturated heterocycles. The summed E-state index contributed by atoms with van der Waals surface area (Å²) in [5.74, 6) is -0.0356. The Morgan fingerprint density at radius 1 is 1.19 bits per heavy atom. The van der Waals surface area contributed by atoms with E-state index in [2.05, 4.69) is 10.3 Å². The molecule has 0 spiro atoms. The van der Waals surface area contributed by atoms with E-state index in [1.807, 2.05) is 13.8 Å². The third kappa shape index (κ3) is 5.67. The Kier molecular flexibility index (Phi) is 7.88. The van der Waals surface area contributed by atoms with Gasteiger partial charge < -0.3 is 14.8 Å². The molecule has 2 amide bonds. The van der Waals surface area contributed by atoms with Crippen molar-refractivity contribution in [3.8, 4) is 11.5 Å². The van der Waals surface area contributed by atoms with Crippen LogP contribution in [-0.2, 0) is 9.59 Å². The topological polar surface area (TPSA) is 80.2 Å². The number of halogens is 1. The molecule has 2 aromatic rings. The maximum absolute atomic E-state index is 13.0. The fraction of sp³-hybridized carbons (Fsp3) is 0.261. The number of anilines is 1. The number of hydrogen-bond donors (Lipinski definition) is 1. The van der Waals surface area contributed by atoms with Gasteiger partial charge in [-0.25, -0.2) is 4.39 Å². The van der Waals surface area contributed by atoms with E-state index in [9.17, 15) is 14.0 Å². The van der Waals surface area contributed by atoms with Crippen LogP contribution in [0.2, 0.25) is 0 Å². The number of carbonyl (C=O) groups excluding carboxylic acids is 2. The number of hydrogen-bond acceptors (Lipinski definition) is 6. The molecule has 0 aliphatic carbocycles. The van der Waals surface area contributed by atoms with Crippen molar-refractivity contribution in [1.29, 1.82) is 0 Å². The average molecular weight is 458 g/mol. The molecule has 0 aromatic heterocycles. The lowest BCUT2D eigenvalue weighted by Crippen LogP contribution is -2.28. The summed E-state index contributed by atoms with van der Waals surface area (Å²) in [6, 6.07) is 10.7. The van der Waals surface area contributed by atoms with Crippen molar-refractivity contribution in [2.24, 2.45) is 4.99 Å². The maximum atomic E-state index is 13.0. The number of likely N-dealkylation sites (N-methyl/N-ethyl adjacent to an activating group) is 1. The van der Waals surface area contributed by atoms with Gasteiger partial charge >= 0.3 is 0 Å². The Morgan fingerprint density at radius 2 is 1.94 bits per heavy atom. The number of benzene rings is 2. The number of rotatable bonds is 8. The zero-order valence-corrected chi connectivity index (χ0v) is 18.9. The highest BCUT2D eigenvalue weighted by atomic mass is 32.2. The molecule has 7 nitrogen and oxygen atoms in total. The van der Waals surface area contributed by atoms with E-state index in [1.54, 1.807) is 29.2 Å². The zero-order valence-electron chi connectivity index (χ0n) is 18.1. The molecule has 0 atom stereocenters. The molecule has 1 N–H and O–H groups in total. The van der Waals surface area contributed by atoms with Gasteiger partial charge in [-0.15, -0.1) is 0 Å². The van der Waals surface area contributed by atoms with Crippen LogP contribution in [0, 0.1) is 5.82 Å². The van der Waals surface area contributed by atoms with Crippen molar-refractivity contribution in [3.05, 3.63) is 58.8 Å². The van der Waals surface area contributed by atoms with Crippen molar-refractivity contribution < 1.29 is 23.5 Å². The normalized spacial score (nSPS) is 16.0. The summed E-state index contributed by atoms with van der Waals surface area (Å²) in [6.07, 6.45) is 1.78. The van der Waals surface area contributed by atoms with E-state index >= 15 is 0 Å². The van der Waals surface area contributed by atoms with E-state index in [0.29, 0.717) is 40.3 Å². The molecule has 168 valence electrons. The fourth-order valence-corrected chi connectivity index (χ4v) is 4.06. The number of nitrogens with one attached hydrogen (secondary N) is 1. The minimum absolute atomic E-state index is 0.0820. The molecule has 9 heteroatoms. The van der Waals surface area contributed by atoms with Crippen LogP contribution in [0.3, 0.4) is 0 Å². The van der Waals surface area contributed by atoms with Crippen LogP contribution in [-0.4, -0.2) is 48.7 Å². The Balaban J connectivity index is 1.68. The summed E-state index contributed by atoms with van der Waals surface area (Å²) in [7, 11) is 1.50. The number of nitrogens with zero attached hydrogens (tertiary/aromatic N) is 2. The van der Waals surface area contributed by atoms with Crippen LogP contribution in [0.1, 0.15) is 19.4 Å². The molecular formula is C23H24FN3O4S. The van der Waals surface area contributed by atoms with Gasteiger partial charge in [0.25, 0.3) is 11.8 Å². The first-order valence-electron chi connectivity index (χ1n) is 10.1. The number of amides is 2. The third-order valence-electron chi connectivity index (χ3n) is 4.47. The number of amidine groups is 1. The average Bonchev–Trinajstić information content (AvgIpc) is 3.08.